The van der Waals surface area contributed by atoms with Crippen molar-refractivity contribution in [1.29, 1.82) is 0 Å². The van der Waals surface area contributed by atoms with Gasteiger partial charge in [0.05, 0.1) is 16.6 Å². The number of hydrogen-bond donors (Lipinski definition) is 1. The van der Waals surface area contributed by atoms with Crippen LogP contribution in [0.4, 0.5) is 5.69 Å². The Morgan fingerprint density at radius 1 is 0.935 bits per heavy atom. The second-order valence-corrected chi connectivity index (χ2v) is 8.49. The van der Waals surface area contributed by atoms with E-state index in [1.807, 2.05) is 0 Å². The Labute approximate surface area is 194 Å². The molecule has 0 bridgehead atoms. The van der Waals surface area contributed by atoms with Crippen LogP contribution in [0.5, 0.6) is 0 Å². The zero-order valence-corrected chi connectivity index (χ0v) is 18.9. The molecule has 3 aromatic carbocycles. The number of amides is 1. The average Bonchev–Trinajstić information content (AvgIpc) is 2.73. The monoisotopic (exact) mass is 517 g/mol. The Bertz CT molecular complexity index is 1430. The van der Waals surface area contributed by atoms with Crippen molar-refractivity contribution < 1.29 is 4.79 Å². The maximum absolute atomic E-state index is 13.3. The number of fused-ring (bicyclic) bond motifs is 1. The van der Waals surface area contributed by atoms with Crippen LogP contribution in [0.1, 0.15) is 0 Å². The van der Waals surface area contributed by atoms with E-state index in [-0.39, 0.29) is 6.54 Å². The molecule has 0 unspecified atom stereocenters. The van der Waals surface area contributed by atoms with E-state index in [1.165, 1.54) is 4.57 Å². The normalized spacial score (nSPS) is 10.9. The van der Waals surface area contributed by atoms with Crippen LogP contribution in [0, 0.1) is 0 Å². The molecule has 156 valence electrons. The smallest absolute Gasteiger partial charge is 0.324 e. The Balaban J connectivity index is 1.85. The molecule has 0 aliphatic rings. The van der Waals surface area contributed by atoms with Crippen molar-refractivity contribution in [3.63, 3.8) is 0 Å². The van der Waals surface area contributed by atoms with E-state index in [0.717, 1.165) is 4.57 Å². The molecule has 0 spiro atoms. The summed E-state index contributed by atoms with van der Waals surface area (Å²) in [4.78, 5) is 39.1. The van der Waals surface area contributed by atoms with E-state index in [2.05, 4.69) is 21.2 Å². The van der Waals surface area contributed by atoms with Crippen molar-refractivity contribution >= 4 is 61.6 Å². The van der Waals surface area contributed by atoms with Gasteiger partial charge in [-0.1, -0.05) is 45.2 Å². The molecule has 4 rings (SSSR count). The topological polar surface area (TPSA) is 73.1 Å². The summed E-state index contributed by atoms with van der Waals surface area (Å²) in [6.07, 6.45) is 0. The first kappa shape index (κ1) is 21.4. The minimum atomic E-state index is -0.636. The van der Waals surface area contributed by atoms with Crippen molar-refractivity contribution in [1.82, 2.24) is 9.13 Å². The van der Waals surface area contributed by atoms with Crippen LogP contribution < -0.4 is 16.6 Å². The van der Waals surface area contributed by atoms with Gasteiger partial charge in [0.1, 0.15) is 6.54 Å². The number of anilines is 1. The predicted octanol–water partition coefficient (Wildman–Crippen LogP) is 4.86. The molecule has 6 nitrogen and oxygen atoms in total. The standard InChI is InChI=1S/C22H14BrCl2N3O3/c23-13-4-9-19-18(10-13)21(30)28(17-7-5-14(24)6-8-17)22(31)27(19)12-20(29)26-16-3-1-2-15(25)11-16/h1-11H,12H2,(H,26,29). The molecule has 1 amide bonds. The molecule has 0 saturated heterocycles. The lowest BCUT2D eigenvalue weighted by Gasteiger charge is -2.14. The number of hydrogen-bond acceptors (Lipinski definition) is 3. The van der Waals surface area contributed by atoms with Crippen molar-refractivity contribution in [2.45, 2.75) is 6.54 Å². The number of carbonyl (C=O) groups is 1. The Morgan fingerprint density at radius 3 is 2.39 bits per heavy atom. The van der Waals surface area contributed by atoms with E-state index in [0.29, 0.717) is 36.8 Å². The van der Waals surface area contributed by atoms with E-state index < -0.39 is 17.2 Å². The molecule has 0 atom stereocenters. The average molecular weight is 519 g/mol. The predicted molar refractivity (Wildman–Crippen MR) is 127 cm³/mol. The van der Waals surface area contributed by atoms with Crippen LogP contribution in [0.15, 0.2) is 80.8 Å². The Morgan fingerprint density at radius 2 is 1.68 bits per heavy atom. The highest BCUT2D eigenvalue weighted by Crippen LogP contribution is 2.19. The van der Waals surface area contributed by atoms with Crippen molar-refractivity contribution in [3.8, 4) is 5.69 Å². The molecule has 9 heteroatoms. The molecular weight excluding hydrogens is 505 g/mol. The van der Waals surface area contributed by atoms with Gasteiger partial charge < -0.3 is 5.32 Å². The van der Waals surface area contributed by atoms with Crippen molar-refractivity contribution in [3.05, 3.63) is 102 Å². The SMILES string of the molecule is O=C(Cn1c(=O)n(-c2ccc(Cl)cc2)c(=O)c2cc(Br)ccc21)Nc1cccc(Cl)c1. The third-order valence-corrected chi connectivity index (χ3v) is 5.58. The molecular formula is C22H14BrCl2N3O3. The third-order valence-electron chi connectivity index (χ3n) is 4.60. The number of halogens is 3. The zero-order valence-electron chi connectivity index (χ0n) is 15.8. The second kappa shape index (κ2) is 8.70. The van der Waals surface area contributed by atoms with Gasteiger partial charge in [-0.2, -0.15) is 0 Å². The lowest BCUT2D eigenvalue weighted by atomic mass is 10.2. The molecule has 0 aliphatic carbocycles. The van der Waals surface area contributed by atoms with Gasteiger partial charge in [0.15, 0.2) is 0 Å². The molecule has 0 radical (unpaired) electrons. The molecule has 0 aliphatic heterocycles. The fourth-order valence-electron chi connectivity index (χ4n) is 3.23. The molecule has 1 N–H and O–H groups in total. The number of rotatable bonds is 4. The first-order valence-corrected chi connectivity index (χ1v) is 10.6. The maximum Gasteiger partial charge on any atom is 0.336 e. The van der Waals surface area contributed by atoms with Gasteiger partial charge in [-0.05, 0) is 60.7 Å². The summed E-state index contributed by atoms with van der Waals surface area (Å²) in [6, 6.07) is 18.0. The minimum absolute atomic E-state index is 0.291. The van der Waals surface area contributed by atoms with Crippen LogP contribution in [0.25, 0.3) is 16.6 Å². The fraction of sp³-hybridized carbons (Fsp3) is 0.0455. The van der Waals surface area contributed by atoms with E-state index >= 15 is 0 Å². The Kier molecular flexibility index (Phi) is 6.00. The summed E-state index contributed by atoms with van der Waals surface area (Å²) >= 11 is 15.3. The summed E-state index contributed by atoms with van der Waals surface area (Å²) in [5.41, 5.74) is 0.0806. The quantitative estimate of drug-likeness (QED) is 0.419. The molecule has 31 heavy (non-hydrogen) atoms. The molecule has 0 saturated carbocycles. The van der Waals surface area contributed by atoms with Gasteiger partial charge in [-0.25, -0.2) is 9.36 Å². The summed E-state index contributed by atoms with van der Waals surface area (Å²) < 4.78 is 2.96. The number of aromatic nitrogens is 2. The minimum Gasteiger partial charge on any atom is -0.324 e. The molecule has 0 fully saturated rings. The van der Waals surface area contributed by atoms with Crippen molar-refractivity contribution in [2.75, 3.05) is 5.32 Å². The molecule has 4 aromatic rings. The van der Waals surface area contributed by atoms with Gasteiger partial charge in [0.2, 0.25) is 5.91 Å². The van der Waals surface area contributed by atoms with E-state index in [1.54, 1.807) is 66.7 Å². The third kappa shape index (κ3) is 4.44. The molecule has 1 heterocycles. The maximum atomic E-state index is 13.3. The lowest BCUT2D eigenvalue weighted by Crippen LogP contribution is -2.40. The number of benzene rings is 3. The number of nitrogens with zero attached hydrogens (tertiary/aromatic N) is 2. The Hall–Kier alpha value is -2.87. The van der Waals surface area contributed by atoms with Crippen molar-refractivity contribution in [2.24, 2.45) is 0 Å². The number of carbonyl (C=O) groups excluding carboxylic acids is 1. The van der Waals surface area contributed by atoms with Crippen LogP contribution in [-0.2, 0) is 11.3 Å². The van der Waals surface area contributed by atoms with Crippen LogP contribution in [-0.4, -0.2) is 15.0 Å². The zero-order chi connectivity index (χ0) is 22.1. The highest BCUT2D eigenvalue weighted by atomic mass is 79.9. The van der Waals surface area contributed by atoms with E-state index in [9.17, 15) is 14.4 Å². The molecule has 1 aromatic heterocycles. The largest absolute Gasteiger partial charge is 0.336 e. The summed E-state index contributed by atoms with van der Waals surface area (Å²) in [5.74, 6) is -0.435. The van der Waals surface area contributed by atoms with Gasteiger partial charge >= 0.3 is 5.69 Å². The summed E-state index contributed by atoms with van der Waals surface area (Å²) in [5, 5.41) is 3.96. The van der Waals surface area contributed by atoms with Gasteiger partial charge in [0, 0.05) is 20.2 Å². The highest BCUT2D eigenvalue weighted by molar-refractivity contribution is 9.10. The lowest BCUT2D eigenvalue weighted by molar-refractivity contribution is -0.116. The highest BCUT2D eigenvalue weighted by Gasteiger charge is 2.17. The number of nitrogens with one attached hydrogen (secondary N) is 1. The van der Waals surface area contributed by atoms with Crippen LogP contribution in [0.3, 0.4) is 0 Å². The fourth-order valence-corrected chi connectivity index (χ4v) is 3.90. The first-order chi connectivity index (χ1) is 14.8. The van der Waals surface area contributed by atoms with Crippen LogP contribution >= 0.6 is 39.1 Å². The second-order valence-electron chi connectivity index (χ2n) is 6.71. The van der Waals surface area contributed by atoms with Gasteiger partial charge in [-0.15, -0.1) is 0 Å². The van der Waals surface area contributed by atoms with Crippen LogP contribution in [0.2, 0.25) is 10.0 Å². The van der Waals surface area contributed by atoms with Gasteiger partial charge in [0.25, 0.3) is 5.56 Å². The van der Waals surface area contributed by atoms with E-state index in [4.69, 9.17) is 23.2 Å². The summed E-state index contributed by atoms with van der Waals surface area (Å²) in [7, 11) is 0. The summed E-state index contributed by atoms with van der Waals surface area (Å²) in [6.45, 7) is -0.294. The van der Waals surface area contributed by atoms with Gasteiger partial charge in [-0.3, -0.25) is 14.2 Å². The first-order valence-electron chi connectivity index (χ1n) is 9.10.